The Hall–Kier alpha value is -0.240. The molecule has 0 N–H and O–H groups in total. The summed E-state index contributed by atoms with van der Waals surface area (Å²) in [6.07, 6.45) is 6.17. The summed E-state index contributed by atoms with van der Waals surface area (Å²) in [5.41, 5.74) is -0.673. The van der Waals surface area contributed by atoms with Crippen molar-refractivity contribution in [3.05, 3.63) is 0 Å². The predicted octanol–water partition coefficient (Wildman–Crippen LogP) is 3.33. The molecule has 1 saturated carbocycles. The van der Waals surface area contributed by atoms with Gasteiger partial charge in [0.15, 0.2) is 0 Å². The number of rotatable bonds is 2. The van der Waals surface area contributed by atoms with Gasteiger partial charge >= 0.3 is 5.43 Å². The van der Waals surface area contributed by atoms with E-state index >= 15 is 0 Å². The lowest BCUT2D eigenvalue weighted by Gasteiger charge is -2.26. The summed E-state index contributed by atoms with van der Waals surface area (Å²) in [4.78, 5) is 10.4. The topological polar surface area (TPSA) is 26.3 Å². The molecule has 0 heterocycles. The Bertz CT molecular complexity index is 153. The molecule has 2 nitrogen and oxygen atoms in total. The number of carbonyl (C=O) groups is 1. The summed E-state index contributed by atoms with van der Waals surface area (Å²) in [6, 6.07) is 0. The maximum absolute atomic E-state index is 10.4. The number of ether oxygens (including phenoxy) is 1. The fourth-order valence-electron chi connectivity index (χ4n) is 1.85. The lowest BCUT2D eigenvalue weighted by Crippen LogP contribution is -2.23. The Morgan fingerprint density at radius 1 is 1.42 bits per heavy atom. The quantitative estimate of drug-likeness (QED) is 0.625. The van der Waals surface area contributed by atoms with E-state index in [1.165, 1.54) is 32.1 Å². The maximum Gasteiger partial charge on any atom is 0.404 e. The minimum Gasteiger partial charge on any atom is -0.450 e. The first-order valence-corrected chi connectivity index (χ1v) is 4.94. The minimum atomic E-state index is -0.673. The van der Waals surface area contributed by atoms with Crippen molar-refractivity contribution in [3.8, 4) is 0 Å². The van der Waals surface area contributed by atoms with E-state index in [0.29, 0.717) is 5.92 Å². The van der Waals surface area contributed by atoms with Gasteiger partial charge in [-0.15, -0.1) is 0 Å². The first kappa shape index (κ1) is 9.85. The second-order valence-electron chi connectivity index (χ2n) is 3.46. The van der Waals surface area contributed by atoms with Crippen LogP contribution in [0.5, 0.6) is 0 Å². The van der Waals surface area contributed by atoms with E-state index in [1.807, 2.05) is 6.92 Å². The van der Waals surface area contributed by atoms with Gasteiger partial charge < -0.3 is 4.74 Å². The third-order valence-electron chi connectivity index (χ3n) is 2.59. The van der Waals surface area contributed by atoms with Crippen LogP contribution in [0.15, 0.2) is 0 Å². The molecular formula is C9H15ClO2. The Morgan fingerprint density at radius 2 is 2.00 bits per heavy atom. The molecule has 0 aromatic heterocycles. The third-order valence-corrected chi connectivity index (χ3v) is 2.68. The zero-order valence-electron chi connectivity index (χ0n) is 7.38. The summed E-state index contributed by atoms with van der Waals surface area (Å²) in [6.45, 7) is 1.93. The molecule has 0 amide bonds. The molecule has 70 valence electrons. The van der Waals surface area contributed by atoms with Crippen molar-refractivity contribution in [1.29, 1.82) is 0 Å². The molecule has 1 fully saturated rings. The van der Waals surface area contributed by atoms with Crippen molar-refractivity contribution >= 4 is 17.0 Å². The van der Waals surface area contributed by atoms with Crippen molar-refractivity contribution in [2.45, 2.75) is 45.1 Å². The van der Waals surface area contributed by atoms with E-state index in [2.05, 4.69) is 0 Å². The van der Waals surface area contributed by atoms with Crippen molar-refractivity contribution in [1.82, 2.24) is 0 Å². The van der Waals surface area contributed by atoms with Gasteiger partial charge in [0.1, 0.15) is 6.10 Å². The summed E-state index contributed by atoms with van der Waals surface area (Å²) in [5.74, 6) is 0.529. The van der Waals surface area contributed by atoms with Crippen LogP contribution >= 0.6 is 11.6 Å². The van der Waals surface area contributed by atoms with E-state index in [1.54, 1.807) is 0 Å². The Kier molecular flexibility index (Phi) is 3.86. The number of carbonyl (C=O) groups excluding carboxylic acids is 1. The summed E-state index contributed by atoms with van der Waals surface area (Å²) in [5, 5.41) is 0. The largest absolute Gasteiger partial charge is 0.450 e. The van der Waals surface area contributed by atoms with Crippen LogP contribution in [-0.2, 0) is 4.74 Å². The van der Waals surface area contributed by atoms with Gasteiger partial charge in [-0.3, -0.25) is 0 Å². The van der Waals surface area contributed by atoms with Crippen molar-refractivity contribution in [3.63, 3.8) is 0 Å². The van der Waals surface area contributed by atoms with Gasteiger partial charge in [0, 0.05) is 11.6 Å². The van der Waals surface area contributed by atoms with Crippen LogP contribution in [0.25, 0.3) is 0 Å². The van der Waals surface area contributed by atoms with Gasteiger partial charge in [0.25, 0.3) is 0 Å². The molecule has 12 heavy (non-hydrogen) atoms. The molecule has 0 unspecified atom stereocenters. The molecule has 0 saturated heterocycles. The summed E-state index contributed by atoms with van der Waals surface area (Å²) >= 11 is 5.13. The van der Waals surface area contributed by atoms with Gasteiger partial charge in [0.05, 0.1) is 0 Å². The Morgan fingerprint density at radius 3 is 2.50 bits per heavy atom. The fraction of sp³-hybridized carbons (Fsp3) is 0.889. The molecule has 1 atom stereocenters. The summed E-state index contributed by atoms with van der Waals surface area (Å²) < 4.78 is 4.92. The molecule has 1 aliphatic carbocycles. The molecule has 0 aromatic carbocycles. The number of hydrogen-bond donors (Lipinski definition) is 0. The highest BCUT2D eigenvalue weighted by atomic mass is 35.5. The summed E-state index contributed by atoms with van der Waals surface area (Å²) in [7, 11) is 0. The molecule has 0 radical (unpaired) electrons. The second kappa shape index (κ2) is 4.70. The van der Waals surface area contributed by atoms with Crippen LogP contribution < -0.4 is 0 Å². The van der Waals surface area contributed by atoms with E-state index in [0.717, 1.165) is 0 Å². The van der Waals surface area contributed by atoms with Crippen molar-refractivity contribution < 1.29 is 9.53 Å². The Balaban J connectivity index is 2.29. The first-order valence-electron chi connectivity index (χ1n) is 4.56. The SMILES string of the molecule is C[C@@H](OC(=O)Cl)C1CCCCC1. The number of halogens is 1. The van der Waals surface area contributed by atoms with Gasteiger partial charge in [-0.25, -0.2) is 4.79 Å². The van der Waals surface area contributed by atoms with E-state index in [9.17, 15) is 4.79 Å². The fourth-order valence-corrected chi connectivity index (χ4v) is 1.99. The molecular weight excluding hydrogens is 176 g/mol. The molecule has 0 bridgehead atoms. The second-order valence-corrected chi connectivity index (χ2v) is 3.77. The van der Waals surface area contributed by atoms with E-state index in [-0.39, 0.29) is 6.10 Å². The number of hydrogen-bond acceptors (Lipinski definition) is 2. The van der Waals surface area contributed by atoms with Crippen LogP contribution in [0.2, 0.25) is 0 Å². The van der Waals surface area contributed by atoms with Crippen LogP contribution in [0.1, 0.15) is 39.0 Å². The van der Waals surface area contributed by atoms with Crippen LogP contribution in [0, 0.1) is 5.92 Å². The lowest BCUT2D eigenvalue weighted by atomic mass is 9.86. The van der Waals surface area contributed by atoms with Gasteiger partial charge in [-0.1, -0.05) is 19.3 Å². The molecule has 0 spiro atoms. The van der Waals surface area contributed by atoms with Gasteiger partial charge in [0.2, 0.25) is 0 Å². The monoisotopic (exact) mass is 190 g/mol. The molecule has 0 aliphatic heterocycles. The van der Waals surface area contributed by atoms with Gasteiger partial charge in [-0.05, 0) is 25.7 Å². The average Bonchev–Trinajstić information content (AvgIpc) is 2.05. The average molecular weight is 191 g/mol. The van der Waals surface area contributed by atoms with Crippen LogP contribution in [-0.4, -0.2) is 11.5 Å². The lowest BCUT2D eigenvalue weighted by molar-refractivity contribution is 0.0768. The normalized spacial score (nSPS) is 21.8. The highest BCUT2D eigenvalue weighted by Crippen LogP contribution is 2.27. The third kappa shape index (κ3) is 3.02. The van der Waals surface area contributed by atoms with Crippen LogP contribution in [0.3, 0.4) is 0 Å². The molecule has 1 rings (SSSR count). The smallest absolute Gasteiger partial charge is 0.404 e. The van der Waals surface area contributed by atoms with E-state index < -0.39 is 5.43 Å². The molecule has 3 heteroatoms. The highest BCUT2D eigenvalue weighted by molar-refractivity contribution is 6.61. The Labute approximate surface area is 78.2 Å². The maximum atomic E-state index is 10.4. The van der Waals surface area contributed by atoms with Crippen molar-refractivity contribution in [2.75, 3.05) is 0 Å². The van der Waals surface area contributed by atoms with Gasteiger partial charge in [-0.2, -0.15) is 0 Å². The zero-order valence-corrected chi connectivity index (χ0v) is 8.14. The van der Waals surface area contributed by atoms with Crippen molar-refractivity contribution in [2.24, 2.45) is 5.92 Å². The standard InChI is InChI=1S/C9H15ClO2/c1-7(12-9(10)11)8-5-3-2-4-6-8/h7-8H,2-6H2,1H3/t7-/m1/s1. The molecule has 1 aliphatic rings. The first-order chi connectivity index (χ1) is 5.70. The van der Waals surface area contributed by atoms with Crippen LogP contribution in [0.4, 0.5) is 4.79 Å². The van der Waals surface area contributed by atoms with E-state index in [4.69, 9.17) is 16.3 Å². The predicted molar refractivity (Wildman–Crippen MR) is 48.4 cm³/mol. The minimum absolute atomic E-state index is 0.00435. The zero-order chi connectivity index (χ0) is 8.97. The highest BCUT2D eigenvalue weighted by Gasteiger charge is 2.22. The molecule has 0 aromatic rings.